The SMILES string of the molecule is CCCc1c(Cl)c(OC)cc(O)c1OC1OC(CO)C(O)C(O)C1O. The first-order valence-electron chi connectivity index (χ1n) is 7.91. The highest BCUT2D eigenvalue weighted by molar-refractivity contribution is 6.33. The molecule has 1 heterocycles. The molecule has 0 bridgehead atoms. The third kappa shape index (κ3) is 3.94. The van der Waals surface area contributed by atoms with Crippen molar-refractivity contribution in [3.8, 4) is 17.2 Å². The van der Waals surface area contributed by atoms with Gasteiger partial charge in [0.25, 0.3) is 0 Å². The van der Waals surface area contributed by atoms with Crippen LogP contribution in [0, 0.1) is 0 Å². The van der Waals surface area contributed by atoms with E-state index in [9.17, 15) is 25.5 Å². The molecular formula is C16H23ClO8. The van der Waals surface area contributed by atoms with Crippen molar-refractivity contribution in [2.45, 2.75) is 50.5 Å². The topological polar surface area (TPSA) is 129 Å². The highest BCUT2D eigenvalue weighted by Gasteiger charge is 2.45. The largest absolute Gasteiger partial charge is 0.504 e. The third-order valence-corrected chi connectivity index (χ3v) is 4.47. The van der Waals surface area contributed by atoms with Gasteiger partial charge in [0.15, 0.2) is 11.5 Å². The Morgan fingerprint density at radius 3 is 2.44 bits per heavy atom. The average molecular weight is 379 g/mol. The van der Waals surface area contributed by atoms with E-state index in [2.05, 4.69) is 0 Å². The van der Waals surface area contributed by atoms with E-state index in [1.165, 1.54) is 13.2 Å². The zero-order valence-corrected chi connectivity index (χ0v) is 14.7. The second-order valence-corrected chi connectivity index (χ2v) is 6.16. The second-order valence-electron chi connectivity index (χ2n) is 5.78. The van der Waals surface area contributed by atoms with Gasteiger partial charge in [0.05, 0.1) is 18.7 Å². The van der Waals surface area contributed by atoms with E-state index in [4.69, 9.17) is 25.8 Å². The molecule has 0 aromatic heterocycles. The van der Waals surface area contributed by atoms with Gasteiger partial charge in [-0.3, -0.25) is 0 Å². The summed E-state index contributed by atoms with van der Waals surface area (Å²) >= 11 is 6.28. The Kier molecular flexibility index (Phi) is 6.72. The van der Waals surface area contributed by atoms with Gasteiger partial charge in [-0.1, -0.05) is 24.9 Å². The number of hydrogen-bond donors (Lipinski definition) is 5. The number of ether oxygens (including phenoxy) is 3. The summed E-state index contributed by atoms with van der Waals surface area (Å²) in [7, 11) is 1.41. The Morgan fingerprint density at radius 2 is 1.88 bits per heavy atom. The minimum absolute atomic E-state index is 0.0167. The number of phenolic OH excluding ortho intramolecular Hbond substituents is 1. The van der Waals surface area contributed by atoms with Crippen molar-refractivity contribution in [2.24, 2.45) is 0 Å². The molecule has 1 fully saturated rings. The Balaban J connectivity index is 2.37. The molecule has 1 aromatic rings. The molecule has 1 saturated heterocycles. The summed E-state index contributed by atoms with van der Waals surface area (Å²) in [5.41, 5.74) is 0.456. The number of aromatic hydroxyl groups is 1. The van der Waals surface area contributed by atoms with E-state index >= 15 is 0 Å². The predicted octanol–water partition coefficient (Wildman–Crippen LogP) is 0.185. The van der Waals surface area contributed by atoms with Crippen LogP contribution in [0.15, 0.2) is 6.07 Å². The molecule has 0 radical (unpaired) electrons. The summed E-state index contributed by atoms with van der Waals surface area (Å²) in [6.45, 7) is 1.33. The molecule has 0 amide bonds. The van der Waals surface area contributed by atoms with Gasteiger partial charge in [-0.15, -0.1) is 0 Å². The van der Waals surface area contributed by atoms with Crippen LogP contribution in [0.25, 0.3) is 0 Å². The van der Waals surface area contributed by atoms with Crippen LogP contribution in [0.4, 0.5) is 0 Å². The molecule has 1 aliphatic heterocycles. The molecule has 0 saturated carbocycles. The van der Waals surface area contributed by atoms with Crippen LogP contribution < -0.4 is 9.47 Å². The summed E-state index contributed by atoms with van der Waals surface area (Å²) < 4.78 is 16.0. The van der Waals surface area contributed by atoms with Gasteiger partial charge in [0.2, 0.25) is 6.29 Å². The Labute approximate surface area is 150 Å². The molecule has 8 nitrogen and oxygen atoms in total. The maximum Gasteiger partial charge on any atom is 0.229 e. The predicted molar refractivity (Wildman–Crippen MR) is 88.1 cm³/mol. The first-order valence-corrected chi connectivity index (χ1v) is 8.28. The van der Waals surface area contributed by atoms with Crippen molar-refractivity contribution < 1.29 is 39.7 Å². The Bertz CT molecular complexity index is 594. The highest BCUT2D eigenvalue weighted by Crippen LogP contribution is 2.43. The summed E-state index contributed by atoms with van der Waals surface area (Å²) in [5.74, 6) is -0.0255. The van der Waals surface area contributed by atoms with Crippen LogP contribution in [0.3, 0.4) is 0 Å². The number of halogens is 1. The number of aliphatic hydroxyl groups is 4. The molecule has 0 spiro atoms. The number of hydrogen-bond acceptors (Lipinski definition) is 8. The fourth-order valence-corrected chi connectivity index (χ4v) is 3.00. The van der Waals surface area contributed by atoms with E-state index in [0.717, 1.165) is 0 Å². The highest BCUT2D eigenvalue weighted by atomic mass is 35.5. The lowest BCUT2D eigenvalue weighted by Gasteiger charge is -2.39. The maximum absolute atomic E-state index is 10.3. The first kappa shape index (κ1) is 20.0. The fourth-order valence-electron chi connectivity index (χ4n) is 2.69. The Hall–Kier alpha value is -1.29. The molecule has 2 rings (SSSR count). The molecular weight excluding hydrogens is 356 g/mol. The summed E-state index contributed by atoms with van der Waals surface area (Å²) in [4.78, 5) is 0. The van der Waals surface area contributed by atoms with Crippen molar-refractivity contribution >= 4 is 11.6 Å². The van der Waals surface area contributed by atoms with E-state index in [0.29, 0.717) is 18.4 Å². The van der Waals surface area contributed by atoms with Gasteiger partial charge >= 0.3 is 0 Å². The minimum atomic E-state index is -1.59. The number of phenols is 1. The molecule has 1 aliphatic rings. The summed E-state index contributed by atoms with van der Waals surface area (Å²) in [5, 5.41) is 49.5. The van der Waals surface area contributed by atoms with Gasteiger partial charge in [0.1, 0.15) is 30.2 Å². The smallest absolute Gasteiger partial charge is 0.229 e. The van der Waals surface area contributed by atoms with Crippen molar-refractivity contribution in [2.75, 3.05) is 13.7 Å². The summed E-state index contributed by atoms with van der Waals surface area (Å²) in [6, 6.07) is 1.26. The van der Waals surface area contributed by atoms with E-state index in [1.54, 1.807) is 0 Å². The van der Waals surface area contributed by atoms with Gasteiger partial charge < -0.3 is 39.7 Å². The lowest BCUT2D eigenvalue weighted by molar-refractivity contribution is -0.277. The molecule has 25 heavy (non-hydrogen) atoms. The maximum atomic E-state index is 10.3. The Morgan fingerprint density at radius 1 is 1.20 bits per heavy atom. The number of rotatable bonds is 6. The van der Waals surface area contributed by atoms with Crippen LogP contribution in [-0.4, -0.2) is 70.0 Å². The lowest BCUT2D eigenvalue weighted by Crippen LogP contribution is -2.60. The number of methoxy groups -OCH3 is 1. The second kappa shape index (κ2) is 8.39. The van der Waals surface area contributed by atoms with Gasteiger partial charge in [0, 0.05) is 11.6 Å². The molecule has 5 N–H and O–H groups in total. The van der Waals surface area contributed by atoms with Crippen LogP contribution in [-0.2, 0) is 11.2 Å². The van der Waals surface area contributed by atoms with E-state index in [-0.39, 0.29) is 22.3 Å². The van der Waals surface area contributed by atoms with E-state index in [1.807, 2.05) is 6.92 Å². The molecule has 5 unspecified atom stereocenters. The molecule has 142 valence electrons. The van der Waals surface area contributed by atoms with Crippen LogP contribution in [0.1, 0.15) is 18.9 Å². The van der Waals surface area contributed by atoms with Crippen molar-refractivity contribution in [3.05, 3.63) is 16.7 Å². The zero-order chi connectivity index (χ0) is 18.7. The minimum Gasteiger partial charge on any atom is -0.504 e. The molecule has 9 heteroatoms. The summed E-state index contributed by atoms with van der Waals surface area (Å²) in [6.07, 6.45) is -6.05. The van der Waals surface area contributed by atoms with E-state index < -0.39 is 37.3 Å². The lowest BCUT2D eigenvalue weighted by atomic mass is 9.99. The van der Waals surface area contributed by atoms with Crippen molar-refractivity contribution in [1.82, 2.24) is 0 Å². The van der Waals surface area contributed by atoms with Crippen LogP contribution >= 0.6 is 11.6 Å². The number of aliphatic hydroxyl groups excluding tert-OH is 4. The van der Waals surface area contributed by atoms with Gasteiger partial charge in [-0.05, 0) is 6.42 Å². The van der Waals surface area contributed by atoms with Crippen LogP contribution in [0.2, 0.25) is 5.02 Å². The molecule has 0 aliphatic carbocycles. The third-order valence-electron chi connectivity index (χ3n) is 4.06. The molecule has 5 atom stereocenters. The normalized spacial score (nSPS) is 29.5. The number of benzene rings is 1. The van der Waals surface area contributed by atoms with Crippen molar-refractivity contribution in [3.63, 3.8) is 0 Å². The zero-order valence-electron chi connectivity index (χ0n) is 13.9. The first-order chi connectivity index (χ1) is 11.8. The van der Waals surface area contributed by atoms with Gasteiger partial charge in [-0.2, -0.15) is 0 Å². The van der Waals surface area contributed by atoms with Crippen molar-refractivity contribution in [1.29, 1.82) is 0 Å². The fraction of sp³-hybridized carbons (Fsp3) is 0.625. The monoisotopic (exact) mass is 378 g/mol. The standard InChI is InChI=1S/C16H23ClO8/c1-3-4-7-11(17)9(23-2)5-8(19)15(7)25-16-14(22)13(21)12(20)10(6-18)24-16/h5,10,12-14,16,18-22H,3-4,6H2,1-2H3. The van der Waals surface area contributed by atoms with Crippen LogP contribution in [0.5, 0.6) is 17.2 Å². The molecule has 1 aromatic carbocycles. The van der Waals surface area contributed by atoms with Gasteiger partial charge in [-0.25, -0.2) is 0 Å². The average Bonchev–Trinajstić information content (AvgIpc) is 2.60. The quantitative estimate of drug-likeness (QED) is 0.474.